The number of hydrogen-bond acceptors (Lipinski definition) is 5. The topological polar surface area (TPSA) is 66.6 Å². The predicted molar refractivity (Wildman–Crippen MR) is 74.7 cm³/mol. The maximum Gasteiger partial charge on any atom is 0.254 e. The first-order valence-corrected chi connectivity index (χ1v) is 7.49. The van der Waals surface area contributed by atoms with Crippen LogP contribution in [0, 0.1) is 12.8 Å². The molecule has 0 saturated carbocycles. The Bertz CT molecular complexity index is 593. The quantitative estimate of drug-likeness (QED) is 0.935. The molecule has 0 aromatic carbocycles. The Morgan fingerprint density at radius 3 is 3.10 bits per heavy atom. The Morgan fingerprint density at radius 2 is 2.45 bits per heavy atom. The van der Waals surface area contributed by atoms with E-state index in [0.717, 1.165) is 11.5 Å². The van der Waals surface area contributed by atoms with E-state index in [2.05, 4.69) is 5.16 Å². The van der Waals surface area contributed by atoms with Gasteiger partial charge in [0, 0.05) is 36.9 Å². The first-order chi connectivity index (χ1) is 9.63. The summed E-state index contributed by atoms with van der Waals surface area (Å²) in [6.07, 6.45) is 0.0955. The van der Waals surface area contributed by atoms with E-state index in [9.17, 15) is 9.90 Å². The highest BCUT2D eigenvalue weighted by molar-refractivity contribution is 7.08. The molecule has 0 spiro atoms. The van der Waals surface area contributed by atoms with Crippen molar-refractivity contribution in [2.24, 2.45) is 5.92 Å². The zero-order valence-corrected chi connectivity index (χ0v) is 12.0. The van der Waals surface area contributed by atoms with Crippen LogP contribution in [0.15, 0.2) is 27.4 Å². The number of aliphatic hydroxyl groups is 1. The Labute approximate surface area is 120 Å². The highest BCUT2D eigenvalue weighted by atomic mass is 32.1. The van der Waals surface area contributed by atoms with Crippen molar-refractivity contribution in [2.45, 2.75) is 19.4 Å². The fraction of sp³-hybridized carbons (Fsp3) is 0.429. The lowest BCUT2D eigenvalue weighted by Gasteiger charge is -2.14. The second-order valence-corrected chi connectivity index (χ2v) is 5.97. The molecule has 3 heterocycles. The van der Waals surface area contributed by atoms with Crippen LogP contribution in [-0.2, 0) is 6.42 Å². The fourth-order valence-corrected chi connectivity index (χ4v) is 3.19. The number of hydrogen-bond donors (Lipinski definition) is 1. The van der Waals surface area contributed by atoms with Crippen molar-refractivity contribution in [2.75, 3.05) is 13.1 Å². The van der Waals surface area contributed by atoms with Gasteiger partial charge in [0.15, 0.2) is 0 Å². The number of aryl methyl sites for hydroxylation is 1. The molecule has 0 bridgehead atoms. The smallest absolute Gasteiger partial charge is 0.254 e. The summed E-state index contributed by atoms with van der Waals surface area (Å²) >= 11 is 1.50. The molecular formula is C14H16N2O3S. The van der Waals surface area contributed by atoms with Gasteiger partial charge in [-0.3, -0.25) is 4.79 Å². The summed E-state index contributed by atoms with van der Waals surface area (Å²) in [5.41, 5.74) is 1.53. The normalized spacial score (nSPS) is 22.4. The average molecular weight is 292 g/mol. The fourth-order valence-electron chi connectivity index (χ4n) is 2.56. The lowest BCUT2D eigenvalue weighted by Crippen LogP contribution is -2.29. The highest BCUT2D eigenvalue weighted by Crippen LogP contribution is 2.24. The standard InChI is InChI=1S/C14H16N2O3S/c1-9-4-12(19-15-9)5-11-6-16(7-13(11)17)14(18)10-2-3-20-8-10/h2-4,8,11,13,17H,5-7H2,1H3/t11-,13+/m1/s1. The van der Waals surface area contributed by atoms with Gasteiger partial charge in [-0.25, -0.2) is 0 Å². The van der Waals surface area contributed by atoms with Crippen molar-refractivity contribution in [1.82, 2.24) is 10.1 Å². The number of nitrogens with zero attached hydrogens (tertiary/aromatic N) is 2. The van der Waals surface area contributed by atoms with Gasteiger partial charge < -0.3 is 14.5 Å². The predicted octanol–water partition coefficient (Wildman–Crippen LogP) is 1.72. The molecule has 1 saturated heterocycles. The van der Waals surface area contributed by atoms with Crippen LogP contribution in [0.1, 0.15) is 21.8 Å². The van der Waals surface area contributed by atoms with Gasteiger partial charge >= 0.3 is 0 Å². The maximum absolute atomic E-state index is 12.2. The number of carbonyl (C=O) groups is 1. The third-order valence-electron chi connectivity index (χ3n) is 3.60. The molecule has 2 aromatic rings. The van der Waals surface area contributed by atoms with Gasteiger partial charge in [0.2, 0.25) is 0 Å². The molecular weight excluding hydrogens is 276 g/mol. The van der Waals surface area contributed by atoms with Crippen molar-refractivity contribution in [3.8, 4) is 0 Å². The molecule has 1 fully saturated rings. The van der Waals surface area contributed by atoms with Crippen LogP contribution in [0.2, 0.25) is 0 Å². The Balaban J connectivity index is 1.66. The largest absolute Gasteiger partial charge is 0.391 e. The summed E-state index contributed by atoms with van der Waals surface area (Å²) in [4.78, 5) is 14.0. The summed E-state index contributed by atoms with van der Waals surface area (Å²) < 4.78 is 5.18. The minimum absolute atomic E-state index is 0.00457. The van der Waals surface area contributed by atoms with Crippen LogP contribution in [0.5, 0.6) is 0 Å². The lowest BCUT2D eigenvalue weighted by atomic mass is 10.0. The summed E-state index contributed by atoms with van der Waals surface area (Å²) in [7, 11) is 0. The van der Waals surface area contributed by atoms with Gasteiger partial charge in [0.05, 0.1) is 17.4 Å². The molecule has 6 heteroatoms. The summed E-state index contributed by atoms with van der Waals surface area (Å²) in [6, 6.07) is 3.68. The van der Waals surface area contributed by atoms with E-state index < -0.39 is 6.10 Å². The molecule has 20 heavy (non-hydrogen) atoms. The molecule has 5 nitrogen and oxygen atoms in total. The van der Waals surface area contributed by atoms with Crippen LogP contribution in [0.4, 0.5) is 0 Å². The van der Waals surface area contributed by atoms with Crippen LogP contribution in [0.25, 0.3) is 0 Å². The van der Waals surface area contributed by atoms with Crippen molar-refractivity contribution < 1.29 is 14.4 Å². The van der Waals surface area contributed by atoms with E-state index in [1.54, 1.807) is 4.90 Å². The first-order valence-electron chi connectivity index (χ1n) is 6.55. The molecule has 0 radical (unpaired) electrons. The van der Waals surface area contributed by atoms with E-state index in [0.29, 0.717) is 25.1 Å². The number of aromatic nitrogens is 1. The summed E-state index contributed by atoms with van der Waals surface area (Å²) in [6.45, 7) is 2.80. The number of carbonyl (C=O) groups excluding carboxylic acids is 1. The number of β-amino-alcohol motifs (C(OH)–C–C–N with tert-alkyl or cyclic N) is 1. The molecule has 3 rings (SSSR count). The second-order valence-electron chi connectivity index (χ2n) is 5.19. The number of aliphatic hydroxyl groups excluding tert-OH is 1. The first kappa shape index (κ1) is 13.3. The second kappa shape index (κ2) is 5.38. The maximum atomic E-state index is 12.2. The molecule has 2 atom stereocenters. The zero-order valence-electron chi connectivity index (χ0n) is 11.2. The van der Waals surface area contributed by atoms with E-state index in [1.165, 1.54) is 11.3 Å². The van der Waals surface area contributed by atoms with Crippen LogP contribution in [0.3, 0.4) is 0 Å². The van der Waals surface area contributed by atoms with Gasteiger partial charge in [-0.05, 0) is 18.4 Å². The Morgan fingerprint density at radius 1 is 1.60 bits per heavy atom. The van der Waals surface area contributed by atoms with Gasteiger partial charge in [-0.2, -0.15) is 11.3 Å². The molecule has 106 valence electrons. The summed E-state index contributed by atoms with van der Waals surface area (Å²) in [5.74, 6) is 0.753. The van der Waals surface area contributed by atoms with Gasteiger partial charge in [-0.1, -0.05) is 5.16 Å². The van der Waals surface area contributed by atoms with E-state index in [4.69, 9.17) is 4.52 Å². The van der Waals surface area contributed by atoms with Crippen molar-refractivity contribution in [1.29, 1.82) is 0 Å². The van der Waals surface area contributed by atoms with Crippen molar-refractivity contribution in [3.63, 3.8) is 0 Å². The number of amides is 1. The molecule has 1 aliphatic heterocycles. The number of thiophene rings is 1. The highest BCUT2D eigenvalue weighted by Gasteiger charge is 2.35. The van der Waals surface area contributed by atoms with Crippen LogP contribution >= 0.6 is 11.3 Å². The number of likely N-dealkylation sites (tertiary alicyclic amines) is 1. The third-order valence-corrected chi connectivity index (χ3v) is 4.29. The minimum Gasteiger partial charge on any atom is -0.391 e. The van der Waals surface area contributed by atoms with Gasteiger partial charge in [0.1, 0.15) is 5.76 Å². The Hall–Kier alpha value is -1.66. The van der Waals surface area contributed by atoms with E-state index >= 15 is 0 Å². The Kier molecular flexibility index (Phi) is 3.58. The monoisotopic (exact) mass is 292 g/mol. The van der Waals surface area contributed by atoms with Crippen molar-refractivity contribution >= 4 is 17.2 Å². The SMILES string of the molecule is Cc1cc(C[C@@H]2CN(C(=O)c3ccsc3)C[C@@H]2O)on1. The third kappa shape index (κ3) is 2.62. The van der Waals surface area contributed by atoms with Gasteiger partial charge in [0.25, 0.3) is 5.91 Å². The molecule has 1 N–H and O–H groups in total. The van der Waals surface area contributed by atoms with E-state index in [-0.39, 0.29) is 11.8 Å². The van der Waals surface area contributed by atoms with Crippen LogP contribution < -0.4 is 0 Å². The average Bonchev–Trinajstić information content (AvgIpc) is 3.12. The molecule has 0 aliphatic carbocycles. The molecule has 1 amide bonds. The van der Waals surface area contributed by atoms with E-state index in [1.807, 2.05) is 29.8 Å². The number of rotatable bonds is 3. The van der Waals surface area contributed by atoms with Crippen LogP contribution in [-0.4, -0.2) is 40.3 Å². The van der Waals surface area contributed by atoms with Crippen molar-refractivity contribution in [3.05, 3.63) is 39.9 Å². The lowest BCUT2D eigenvalue weighted by molar-refractivity contribution is 0.0765. The molecule has 0 unspecified atom stereocenters. The molecule has 1 aliphatic rings. The molecule has 2 aromatic heterocycles. The zero-order chi connectivity index (χ0) is 14.1. The minimum atomic E-state index is -0.511. The summed E-state index contributed by atoms with van der Waals surface area (Å²) in [5, 5.41) is 17.7. The van der Waals surface area contributed by atoms with Gasteiger partial charge in [-0.15, -0.1) is 0 Å².